The van der Waals surface area contributed by atoms with E-state index in [1.165, 1.54) is 23.7 Å². The van der Waals surface area contributed by atoms with Gasteiger partial charge in [0.05, 0.1) is 34.9 Å². The van der Waals surface area contributed by atoms with Crippen LogP contribution in [0.1, 0.15) is 34.4 Å². The summed E-state index contributed by atoms with van der Waals surface area (Å²) < 4.78 is 47.7. The smallest absolute Gasteiger partial charge is 0.435 e. The lowest BCUT2D eigenvalue weighted by atomic mass is 10.1. The SMILES string of the molecule is CC(=O)c1ccc(-c2cnn3cc(Oc4ccc(C)nn4)ccc23)nc1-n1nc(C(F)(F)F)cc1C#N. The molecule has 0 amide bonds. The van der Waals surface area contributed by atoms with E-state index in [0.717, 1.165) is 10.4 Å². The minimum Gasteiger partial charge on any atom is -0.436 e. The fourth-order valence-corrected chi connectivity index (χ4v) is 3.58. The molecule has 0 spiro atoms. The Morgan fingerprint density at radius 1 is 1.11 bits per heavy atom. The average Bonchev–Trinajstić information content (AvgIpc) is 3.49. The molecule has 0 fully saturated rings. The molecule has 0 unspecified atom stereocenters. The largest absolute Gasteiger partial charge is 0.436 e. The highest BCUT2D eigenvalue weighted by Gasteiger charge is 2.35. The fraction of sp³-hybridized carbons (Fsp3) is 0.125. The first-order chi connectivity index (χ1) is 17.6. The number of hydrogen-bond donors (Lipinski definition) is 0. The molecule has 0 saturated heterocycles. The Balaban J connectivity index is 1.57. The summed E-state index contributed by atoms with van der Waals surface area (Å²) in [5.74, 6) is 0.0853. The summed E-state index contributed by atoms with van der Waals surface area (Å²) in [6.07, 6.45) is -1.65. The van der Waals surface area contributed by atoms with Gasteiger partial charge < -0.3 is 4.74 Å². The zero-order chi connectivity index (χ0) is 26.3. The van der Waals surface area contributed by atoms with E-state index in [0.29, 0.717) is 34.5 Å². The number of rotatable bonds is 5. The van der Waals surface area contributed by atoms with Crippen molar-refractivity contribution in [3.8, 4) is 34.8 Å². The number of fused-ring (bicyclic) bond motifs is 1. The molecule has 0 bridgehead atoms. The van der Waals surface area contributed by atoms with Gasteiger partial charge in [0.15, 0.2) is 17.3 Å². The van der Waals surface area contributed by atoms with Gasteiger partial charge in [-0.3, -0.25) is 4.79 Å². The van der Waals surface area contributed by atoms with Gasteiger partial charge in [-0.2, -0.15) is 33.7 Å². The van der Waals surface area contributed by atoms with Crippen LogP contribution in [0, 0.1) is 18.3 Å². The number of nitriles is 1. The lowest BCUT2D eigenvalue weighted by molar-refractivity contribution is -0.141. The van der Waals surface area contributed by atoms with Crippen molar-refractivity contribution in [1.29, 1.82) is 5.26 Å². The van der Waals surface area contributed by atoms with Crippen molar-refractivity contribution in [3.05, 3.63) is 77.5 Å². The molecule has 5 aromatic rings. The molecule has 37 heavy (non-hydrogen) atoms. The van der Waals surface area contributed by atoms with Crippen LogP contribution >= 0.6 is 0 Å². The first-order valence-corrected chi connectivity index (χ1v) is 10.7. The molecule has 184 valence electrons. The second-order valence-corrected chi connectivity index (χ2v) is 7.93. The van der Waals surface area contributed by atoms with Crippen LogP contribution in [0.15, 0.2) is 54.9 Å². The summed E-state index contributed by atoms with van der Waals surface area (Å²) in [7, 11) is 0. The Morgan fingerprint density at radius 2 is 1.92 bits per heavy atom. The Labute approximate surface area is 206 Å². The summed E-state index contributed by atoms with van der Waals surface area (Å²) in [4.78, 5) is 16.7. The highest BCUT2D eigenvalue weighted by Crippen LogP contribution is 2.31. The number of hydrogen-bond acceptors (Lipinski definition) is 8. The van der Waals surface area contributed by atoms with Crippen molar-refractivity contribution < 1.29 is 22.7 Å². The maximum absolute atomic E-state index is 13.3. The van der Waals surface area contributed by atoms with Gasteiger partial charge in [0, 0.05) is 17.7 Å². The molecule has 0 aliphatic rings. The summed E-state index contributed by atoms with van der Waals surface area (Å²) in [5.41, 5.74) is 0.499. The van der Waals surface area contributed by atoms with E-state index < -0.39 is 23.3 Å². The molecule has 0 aliphatic carbocycles. The highest BCUT2D eigenvalue weighted by molar-refractivity contribution is 5.97. The van der Waals surface area contributed by atoms with Gasteiger partial charge in [0.2, 0.25) is 5.88 Å². The molecule has 5 rings (SSSR count). The van der Waals surface area contributed by atoms with Crippen LogP contribution in [-0.4, -0.2) is 40.4 Å². The number of aromatic nitrogens is 7. The molecule has 0 saturated carbocycles. The zero-order valence-electron chi connectivity index (χ0n) is 19.2. The summed E-state index contributed by atoms with van der Waals surface area (Å²) >= 11 is 0. The van der Waals surface area contributed by atoms with Crippen molar-refractivity contribution in [2.24, 2.45) is 0 Å². The molecular formula is C24H15F3N8O2. The number of ketones is 1. The molecule has 13 heteroatoms. The molecule has 0 atom stereocenters. The fourth-order valence-electron chi connectivity index (χ4n) is 3.58. The molecule has 0 radical (unpaired) electrons. The quantitative estimate of drug-likeness (QED) is 0.319. The number of ether oxygens (including phenoxy) is 1. The molecule has 5 heterocycles. The number of pyridine rings is 2. The monoisotopic (exact) mass is 504 g/mol. The van der Waals surface area contributed by atoms with Crippen LogP contribution < -0.4 is 4.74 Å². The van der Waals surface area contributed by atoms with Crippen LogP contribution in [0.4, 0.5) is 13.2 Å². The van der Waals surface area contributed by atoms with E-state index in [-0.39, 0.29) is 11.4 Å². The number of carbonyl (C=O) groups is 1. The Morgan fingerprint density at radius 3 is 2.59 bits per heavy atom. The predicted octanol–water partition coefficient (Wildman–Crippen LogP) is 4.57. The summed E-state index contributed by atoms with van der Waals surface area (Å²) in [6, 6.07) is 12.1. The van der Waals surface area contributed by atoms with Crippen LogP contribution in [0.5, 0.6) is 11.6 Å². The number of carbonyl (C=O) groups excluding carboxylic acids is 1. The second-order valence-electron chi connectivity index (χ2n) is 7.93. The van der Waals surface area contributed by atoms with Gasteiger partial charge in [-0.15, -0.1) is 5.10 Å². The van der Waals surface area contributed by atoms with Gasteiger partial charge in [-0.1, -0.05) is 0 Å². The van der Waals surface area contributed by atoms with Crippen molar-refractivity contribution >= 4 is 11.3 Å². The third-order valence-electron chi connectivity index (χ3n) is 5.33. The van der Waals surface area contributed by atoms with E-state index in [4.69, 9.17) is 4.74 Å². The van der Waals surface area contributed by atoms with E-state index in [1.54, 1.807) is 49.5 Å². The van der Waals surface area contributed by atoms with E-state index in [2.05, 4.69) is 25.4 Å². The number of alkyl halides is 3. The number of aryl methyl sites for hydroxylation is 1. The third-order valence-corrected chi connectivity index (χ3v) is 5.33. The molecule has 0 aromatic carbocycles. The van der Waals surface area contributed by atoms with Crippen LogP contribution in [-0.2, 0) is 6.18 Å². The van der Waals surface area contributed by atoms with Gasteiger partial charge in [0.1, 0.15) is 17.5 Å². The topological polar surface area (TPSA) is 124 Å². The Hall–Kier alpha value is -5.12. The van der Waals surface area contributed by atoms with E-state index in [1.807, 2.05) is 0 Å². The minimum atomic E-state index is -4.78. The molecule has 0 aliphatic heterocycles. The molecule has 10 nitrogen and oxygen atoms in total. The molecule has 5 aromatic heterocycles. The maximum atomic E-state index is 13.3. The van der Waals surface area contributed by atoms with Crippen molar-refractivity contribution in [2.75, 3.05) is 0 Å². The standard InChI is InChI=1S/C24H15F3N8O2/c1-13-3-8-22(32-31-13)37-16-4-7-20-18(11-29-34(20)12-16)19-6-5-17(14(2)36)23(30-19)35-15(10-28)9-21(33-35)24(25,26)27/h3-9,11-12H,1-2H3. The van der Waals surface area contributed by atoms with Gasteiger partial charge >= 0.3 is 6.18 Å². The van der Waals surface area contributed by atoms with Gasteiger partial charge in [0.25, 0.3) is 0 Å². The lowest BCUT2D eigenvalue weighted by Crippen LogP contribution is -2.12. The predicted molar refractivity (Wildman–Crippen MR) is 122 cm³/mol. The van der Waals surface area contributed by atoms with Crippen LogP contribution in [0.2, 0.25) is 0 Å². The maximum Gasteiger partial charge on any atom is 0.435 e. The number of halogens is 3. The third kappa shape index (κ3) is 4.47. The number of Topliss-reactive ketones (excluding diaryl/α,β-unsaturated/α-hetero) is 1. The molecule has 0 N–H and O–H groups in total. The van der Waals surface area contributed by atoms with Crippen LogP contribution in [0.25, 0.3) is 22.6 Å². The van der Waals surface area contributed by atoms with Crippen molar-refractivity contribution in [1.82, 2.24) is 34.6 Å². The van der Waals surface area contributed by atoms with Crippen molar-refractivity contribution in [3.63, 3.8) is 0 Å². The van der Waals surface area contributed by atoms with Crippen molar-refractivity contribution in [2.45, 2.75) is 20.0 Å². The summed E-state index contributed by atoms with van der Waals surface area (Å²) in [6.45, 7) is 3.05. The van der Waals surface area contributed by atoms with E-state index in [9.17, 15) is 23.2 Å². The Kier molecular flexibility index (Phi) is 5.63. The highest BCUT2D eigenvalue weighted by atomic mass is 19.4. The van der Waals surface area contributed by atoms with Crippen LogP contribution in [0.3, 0.4) is 0 Å². The zero-order valence-corrected chi connectivity index (χ0v) is 19.2. The minimum absolute atomic E-state index is 0.00319. The molecular weight excluding hydrogens is 489 g/mol. The van der Waals surface area contributed by atoms with E-state index >= 15 is 0 Å². The summed E-state index contributed by atoms with van der Waals surface area (Å²) in [5, 5.41) is 25.1. The first-order valence-electron chi connectivity index (χ1n) is 10.7. The lowest BCUT2D eigenvalue weighted by Gasteiger charge is -2.10. The van der Waals surface area contributed by atoms with Gasteiger partial charge in [-0.25, -0.2) is 14.2 Å². The number of nitrogens with zero attached hydrogens (tertiary/aromatic N) is 8. The average molecular weight is 504 g/mol. The first kappa shape index (κ1) is 23.6. The second kappa shape index (κ2) is 8.83. The normalized spacial score (nSPS) is 11.5. The Bertz CT molecular complexity index is 1700. The van der Waals surface area contributed by atoms with Gasteiger partial charge in [-0.05, 0) is 44.2 Å².